The van der Waals surface area contributed by atoms with Crippen molar-refractivity contribution in [2.45, 2.75) is 32.2 Å². The third kappa shape index (κ3) is 3.30. The van der Waals surface area contributed by atoms with Crippen LogP contribution in [0.4, 0.5) is 0 Å². The average Bonchev–Trinajstić information content (AvgIpc) is 3.01. The highest BCUT2D eigenvalue weighted by atomic mass is 16.4. The van der Waals surface area contributed by atoms with Gasteiger partial charge in [-0.2, -0.15) is 5.10 Å². The molecule has 1 amide bonds. The molecule has 0 saturated heterocycles. The summed E-state index contributed by atoms with van der Waals surface area (Å²) in [4.78, 5) is 27.7. The predicted molar refractivity (Wildman–Crippen MR) is 79.8 cm³/mol. The van der Waals surface area contributed by atoms with Gasteiger partial charge in [0.2, 0.25) is 0 Å². The van der Waals surface area contributed by atoms with Gasteiger partial charge in [-0.05, 0) is 31.5 Å². The van der Waals surface area contributed by atoms with Gasteiger partial charge in [0.1, 0.15) is 11.2 Å². The molecule has 0 aliphatic heterocycles. The van der Waals surface area contributed by atoms with Crippen LogP contribution in [0.1, 0.15) is 37.2 Å². The van der Waals surface area contributed by atoms with E-state index >= 15 is 0 Å². The predicted octanol–water partition coefficient (Wildman–Crippen LogP) is 1.64. The highest BCUT2D eigenvalue weighted by molar-refractivity contribution is 5.96. The summed E-state index contributed by atoms with van der Waals surface area (Å²) in [5, 5.41) is 15.9. The van der Waals surface area contributed by atoms with Crippen molar-refractivity contribution < 1.29 is 14.7 Å². The number of aliphatic carboxylic acids is 1. The molecule has 0 spiro atoms. The second kappa shape index (κ2) is 6.38. The fourth-order valence-electron chi connectivity index (χ4n) is 2.15. The van der Waals surface area contributed by atoms with Crippen LogP contribution < -0.4 is 5.32 Å². The second-order valence-corrected chi connectivity index (χ2v) is 5.19. The van der Waals surface area contributed by atoms with E-state index in [2.05, 4.69) is 15.4 Å². The lowest BCUT2D eigenvalue weighted by molar-refractivity contribution is -0.144. The van der Waals surface area contributed by atoms with Crippen LogP contribution in [0.5, 0.6) is 0 Å². The SMILES string of the molecule is CCCC(C)(NC(=O)c1cc(-n2cccn2)ccn1)C(=O)O. The first-order valence-corrected chi connectivity index (χ1v) is 6.98. The molecule has 0 aliphatic carbocycles. The van der Waals surface area contributed by atoms with E-state index in [9.17, 15) is 14.7 Å². The highest BCUT2D eigenvalue weighted by Gasteiger charge is 2.34. The summed E-state index contributed by atoms with van der Waals surface area (Å²) < 4.78 is 1.60. The van der Waals surface area contributed by atoms with Crippen LogP contribution in [0, 0.1) is 0 Å². The van der Waals surface area contributed by atoms with Gasteiger partial charge < -0.3 is 10.4 Å². The van der Waals surface area contributed by atoms with Crippen LogP contribution in [0.15, 0.2) is 36.8 Å². The summed E-state index contributed by atoms with van der Waals surface area (Å²) in [7, 11) is 0. The Hall–Kier alpha value is -2.70. The van der Waals surface area contributed by atoms with Gasteiger partial charge >= 0.3 is 5.97 Å². The minimum absolute atomic E-state index is 0.150. The number of pyridine rings is 1. The third-order valence-corrected chi connectivity index (χ3v) is 3.36. The number of nitrogens with zero attached hydrogens (tertiary/aromatic N) is 3. The van der Waals surface area contributed by atoms with Crippen LogP contribution in [0.3, 0.4) is 0 Å². The van der Waals surface area contributed by atoms with E-state index in [0.717, 1.165) is 0 Å². The summed E-state index contributed by atoms with van der Waals surface area (Å²) in [6, 6.07) is 5.05. The van der Waals surface area contributed by atoms with Crippen LogP contribution in [0.25, 0.3) is 5.69 Å². The number of carbonyl (C=O) groups is 2. The highest BCUT2D eigenvalue weighted by Crippen LogP contribution is 2.14. The van der Waals surface area contributed by atoms with Gasteiger partial charge in [0, 0.05) is 18.6 Å². The second-order valence-electron chi connectivity index (χ2n) is 5.19. The van der Waals surface area contributed by atoms with Gasteiger partial charge in [-0.25, -0.2) is 9.48 Å². The van der Waals surface area contributed by atoms with E-state index in [1.807, 2.05) is 6.92 Å². The van der Waals surface area contributed by atoms with Crippen LogP contribution >= 0.6 is 0 Å². The lowest BCUT2D eigenvalue weighted by atomic mass is 9.96. The summed E-state index contributed by atoms with van der Waals surface area (Å²) in [5.74, 6) is -1.58. The number of carboxylic acid groups (broad SMARTS) is 1. The number of carbonyl (C=O) groups excluding carboxylic acids is 1. The van der Waals surface area contributed by atoms with E-state index in [0.29, 0.717) is 18.5 Å². The molecule has 7 heteroatoms. The maximum atomic E-state index is 12.3. The zero-order valence-electron chi connectivity index (χ0n) is 12.5. The number of carboxylic acids is 1. The maximum Gasteiger partial charge on any atom is 0.329 e. The largest absolute Gasteiger partial charge is 0.480 e. The molecule has 0 aromatic carbocycles. The smallest absolute Gasteiger partial charge is 0.329 e. The Morgan fingerprint density at radius 2 is 2.18 bits per heavy atom. The minimum atomic E-state index is -1.31. The van der Waals surface area contributed by atoms with E-state index in [4.69, 9.17) is 0 Å². The summed E-state index contributed by atoms with van der Waals surface area (Å²) in [5.41, 5.74) is -0.482. The Labute approximate surface area is 128 Å². The number of amides is 1. The van der Waals surface area contributed by atoms with Gasteiger partial charge in [-0.1, -0.05) is 13.3 Å². The molecule has 2 N–H and O–H groups in total. The van der Waals surface area contributed by atoms with Gasteiger partial charge in [-0.15, -0.1) is 0 Å². The average molecular weight is 302 g/mol. The Morgan fingerprint density at radius 3 is 2.77 bits per heavy atom. The molecule has 0 aliphatic rings. The van der Waals surface area contributed by atoms with Crippen molar-refractivity contribution in [1.29, 1.82) is 0 Å². The molecular weight excluding hydrogens is 284 g/mol. The Balaban J connectivity index is 2.23. The van der Waals surface area contributed by atoms with Gasteiger partial charge in [0.05, 0.1) is 5.69 Å². The Morgan fingerprint density at radius 1 is 1.41 bits per heavy atom. The summed E-state index contributed by atoms with van der Waals surface area (Å²) in [6.07, 6.45) is 5.85. The lowest BCUT2D eigenvalue weighted by Gasteiger charge is -2.25. The van der Waals surface area contributed by atoms with E-state index in [-0.39, 0.29) is 5.69 Å². The van der Waals surface area contributed by atoms with Crippen LogP contribution in [-0.2, 0) is 4.79 Å². The van der Waals surface area contributed by atoms with Crippen molar-refractivity contribution in [2.75, 3.05) is 0 Å². The van der Waals surface area contributed by atoms with Crippen molar-refractivity contribution in [3.63, 3.8) is 0 Å². The molecule has 116 valence electrons. The molecule has 2 rings (SSSR count). The zero-order chi connectivity index (χ0) is 16.2. The molecule has 1 unspecified atom stereocenters. The summed E-state index contributed by atoms with van der Waals surface area (Å²) >= 11 is 0. The molecule has 2 aromatic heterocycles. The Bertz CT molecular complexity index is 669. The molecule has 0 radical (unpaired) electrons. The monoisotopic (exact) mass is 302 g/mol. The first-order valence-electron chi connectivity index (χ1n) is 6.98. The van der Waals surface area contributed by atoms with Gasteiger partial charge in [-0.3, -0.25) is 9.78 Å². The number of hydrogen-bond donors (Lipinski definition) is 2. The molecule has 7 nitrogen and oxygen atoms in total. The van der Waals surface area contributed by atoms with Crippen LogP contribution in [0.2, 0.25) is 0 Å². The van der Waals surface area contributed by atoms with Gasteiger partial charge in [0.15, 0.2) is 0 Å². The van der Waals surface area contributed by atoms with Crippen molar-refractivity contribution in [3.8, 4) is 5.69 Å². The minimum Gasteiger partial charge on any atom is -0.480 e. The zero-order valence-corrected chi connectivity index (χ0v) is 12.5. The fraction of sp³-hybridized carbons (Fsp3) is 0.333. The van der Waals surface area contributed by atoms with Crippen LogP contribution in [-0.4, -0.2) is 37.3 Å². The Kier molecular flexibility index (Phi) is 4.55. The lowest BCUT2D eigenvalue weighted by Crippen LogP contribution is -2.52. The van der Waals surface area contributed by atoms with E-state index < -0.39 is 17.4 Å². The molecule has 22 heavy (non-hydrogen) atoms. The third-order valence-electron chi connectivity index (χ3n) is 3.36. The van der Waals surface area contributed by atoms with E-state index in [1.54, 1.807) is 35.3 Å². The molecule has 0 fully saturated rings. The number of nitrogens with one attached hydrogen (secondary N) is 1. The molecule has 1 atom stereocenters. The first-order chi connectivity index (χ1) is 10.5. The molecule has 2 heterocycles. The topological polar surface area (TPSA) is 97.1 Å². The number of rotatable bonds is 6. The molecule has 2 aromatic rings. The number of hydrogen-bond acceptors (Lipinski definition) is 4. The molecule has 0 saturated carbocycles. The van der Waals surface area contributed by atoms with E-state index in [1.165, 1.54) is 13.1 Å². The fourth-order valence-corrected chi connectivity index (χ4v) is 2.15. The van der Waals surface area contributed by atoms with Gasteiger partial charge in [0.25, 0.3) is 5.91 Å². The number of aromatic nitrogens is 3. The quantitative estimate of drug-likeness (QED) is 0.845. The van der Waals surface area contributed by atoms with Crippen molar-refractivity contribution in [3.05, 3.63) is 42.5 Å². The first kappa shape index (κ1) is 15.7. The molecule has 0 bridgehead atoms. The summed E-state index contributed by atoms with van der Waals surface area (Å²) in [6.45, 7) is 3.36. The van der Waals surface area contributed by atoms with Crippen molar-refractivity contribution in [2.24, 2.45) is 0 Å². The van der Waals surface area contributed by atoms with Crippen molar-refractivity contribution in [1.82, 2.24) is 20.1 Å². The maximum absolute atomic E-state index is 12.3. The molecular formula is C15H18N4O3. The standard InChI is InChI=1S/C15H18N4O3/c1-3-6-15(2,14(21)22)18-13(20)12-10-11(5-8-16-12)19-9-4-7-17-19/h4-5,7-10H,3,6H2,1-2H3,(H,18,20)(H,21,22). The normalized spacial score (nSPS) is 13.4. The van der Waals surface area contributed by atoms with Crippen molar-refractivity contribution >= 4 is 11.9 Å².